The summed E-state index contributed by atoms with van der Waals surface area (Å²) in [6.45, 7) is 1.84. The SMILES string of the molecule is CN(C)c1cccc2c(S(=O)(=O)N3CCN(c4nc(NC5CCCC5)c5ccccc5n4)CC3)cccc12. The van der Waals surface area contributed by atoms with Crippen molar-refractivity contribution in [1.29, 1.82) is 0 Å². The minimum atomic E-state index is -3.66. The average Bonchev–Trinajstić information content (AvgIpc) is 3.45. The second-order valence-corrected chi connectivity index (χ2v) is 12.3. The van der Waals surface area contributed by atoms with Gasteiger partial charge in [0.15, 0.2) is 0 Å². The van der Waals surface area contributed by atoms with Gasteiger partial charge in [0.05, 0.1) is 10.4 Å². The molecule has 6 rings (SSSR count). The molecule has 2 fully saturated rings. The van der Waals surface area contributed by atoms with E-state index in [1.807, 2.05) is 67.5 Å². The Morgan fingerprint density at radius 2 is 1.50 bits per heavy atom. The molecule has 0 radical (unpaired) electrons. The van der Waals surface area contributed by atoms with Crippen LogP contribution in [0.2, 0.25) is 0 Å². The monoisotopic (exact) mass is 530 g/mol. The van der Waals surface area contributed by atoms with Crippen molar-refractivity contribution in [2.45, 2.75) is 36.6 Å². The van der Waals surface area contributed by atoms with Crippen LogP contribution in [0.15, 0.2) is 65.6 Å². The largest absolute Gasteiger partial charge is 0.377 e. The Labute approximate surface area is 224 Å². The first-order valence-electron chi connectivity index (χ1n) is 13.4. The molecule has 0 unspecified atom stereocenters. The Bertz CT molecular complexity index is 1580. The Morgan fingerprint density at radius 1 is 0.816 bits per heavy atom. The maximum atomic E-state index is 13.8. The lowest BCUT2D eigenvalue weighted by Crippen LogP contribution is -2.49. The van der Waals surface area contributed by atoms with E-state index in [1.165, 1.54) is 12.8 Å². The van der Waals surface area contributed by atoms with Crippen molar-refractivity contribution in [2.75, 3.05) is 55.4 Å². The number of anilines is 3. The third-order valence-corrected chi connectivity index (χ3v) is 9.72. The molecule has 1 aliphatic carbocycles. The van der Waals surface area contributed by atoms with Gasteiger partial charge in [0.25, 0.3) is 0 Å². The van der Waals surface area contributed by atoms with Gasteiger partial charge in [-0.3, -0.25) is 0 Å². The molecule has 0 atom stereocenters. The van der Waals surface area contributed by atoms with Crippen LogP contribution in [0.5, 0.6) is 0 Å². The van der Waals surface area contributed by atoms with Crippen LogP contribution in [0.25, 0.3) is 21.7 Å². The van der Waals surface area contributed by atoms with Crippen LogP contribution in [0.1, 0.15) is 25.7 Å². The molecule has 1 saturated heterocycles. The number of rotatable bonds is 6. The lowest BCUT2D eigenvalue weighted by Gasteiger charge is -2.34. The highest BCUT2D eigenvalue weighted by atomic mass is 32.2. The molecule has 3 aromatic carbocycles. The number of hydrogen-bond donors (Lipinski definition) is 1. The molecule has 38 heavy (non-hydrogen) atoms. The van der Waals surface area contributed by atoms with Crippen molar-refractivity contribution in [1.82, 2.24) is 14.3 Å². The minimum absolute atomic E-state index is 0.358. The van der Waals surface area contributed by atoms with E-state index in [0.717, 1.165) is 46.0 Å². The smallest absolute Gasteiger partial charge is 0.243 e. The van der Waals surface area contributed by atoms with E-state index >= 15 is 0 Å². The second kappa shape index (κ2) is 10.0. The van der Waals surface area contributed by atoms with E-state index in [-0.39, 0.29) is 0 Å². The number of piperazine rings is 1. The maximum absolute atomic E-state index is 13.8. The number of aromatic nitrogens is 2. The van der Waals surface area contributed by atoms with Crippen LogP contribution in [-0.2, 0) is 10.0 Å². The summed E-state index contributed by atoms with van der Waals surface area (Å²) in [5.41, 5.74) is 1.90. The Balaban J connectivity index is 1.25. The topological polar surface area (TPSA) is 81.7 Å². The molecule has 1 aliphatic heterocycles. The number of nitrogens with zero attached hydrogens (tertiary/aromatic N) is 5. The zero-order valence-corrected chi connectivity index (χ0v) is 22.8. The van der Waals surface area contributed by atoms with Gasteiger partial charge in [0.1, 0.15) is 5.82 Å². The van der Waals surface area contributed by atoms with E-state index < -0.39 is 10.0 Å². The first-order valence-corrected chi connectivity index (χ1v) is 14.8. The van der Waals surface area contributed by atoms with E-state index in [2.05, 4.69) is 16.3 Å². The lowest BCUT2D eigenvalue weighted by atomic mass is 10.1. The van der Waals surface area contributed by atoms with Gasteiger partial charge in [-0.25, -0.2) is 13.4 Å². The molecule has 1 saturated carbocycles. The van der Waals surface area contributed by atoms with Crippen LogP contribution in [0.4, 0.5) is 17.5 Å². The van der Waals surface area contributed by atoms with Gasteiger partial charge in [-0.15, -0.1) is 0 Å². The maximum Gasteiger partial charge on any atom is 0.243 e. The number of benzene rings is 3. The van der Waals surface area contributed by atoms with Crippen LogP contribution in [-0.4, -0.2) is 69.0 Å². The Morgan fingerprint density at radius 3 is 2.26 bits per heavy atom. The molecule has 8 nitrogen and oxygen atoms in total. The van der Waals surface area contributed by atoms with Gasteiger partial charge in [0, 0.05) is 68.2 Å². The van der Waals surface area contributed by atoms with Gasteiger partial charge in [-0.2, -0.15) is 9.29 Å². The highest BCUT2D eigenvalue weighted by molar-refractivity contribution is 7.89. The first-order chi connectivity index (χ1) is 18.4. The van der Waals surface area contributed by atoms with Gasteiger partial charge in [0.2, 0.25) is 16.0 Å². The molecule has 4 aromatic rings. The van der Waals surface area contributed by atoms with Crippen molar-refractivity contribution in [3.8, 4) is 0 Å². The average molecular weight is 531 g/mol. The summed E-state index contributed by atoms with van der Waals surface area (Å²) < 4.78 is 29.2. The summed E-state index contributed by atoms with van der Waals surface area (Å²) >= 11 is 0. The van der Waals surface area contributed by atoms with Gasteiger partial charge in [-0.05, 0) is 37.1 Å². The van der Waals surface area contributed by atoms with Gasteiger partial charge < -0.3 is 15.1 Å². The molecule has 2 aliphatic rings. The van der Waals surface area contributed by atoms with Crippen molar-refractivity contribution >= 4 is 49.2 Å². The standard InChI is InChI=1S/C29H34N6O2S/c1-33(2)26-15-7-13-23-22(26)12-8-16-27(23)38(36,37)35-19-17-34(18-20-35)29-31-25-14-6-5-11-24(25)28(32-29)30-21-9-3-4-10-21/h5-8,11-16,21H,3-4,9-10,17-20H2,1-2H3,(H,30,31,32). The first kappa shape index (κ1) is 24.9. The summed E-state index contributed by atoms with van der Waals surface area (Å²) in [4.78, 5) is 14.3. The number of para-hydroxylation sites is 1. The fourth-order valence-electron chi connectivity index (χ4n) is 5.73. The summed E-state index contributed by atoms with van der Waals surface area (Å²) in [5, 5.41) is 6.37. The molecule has 2 heterocycles. The zero-order valence-electron chi connectivity index (χ0n) is 22.0. The van der Waals surface area contributed by atoms with Crippen LogP contribution >= 0.6 is 0 Å². The molecular weight excluding hydrogens is 496 g/mol. The molecule has 0 spiro atoms. The summed E-state index contributed by atoms with van der Waals surface area (Å²) in [5.74, 6) is 1.53. The molecule has 0 amide bonds. The summed E-state index contributed by atoms with van der Waals surface area (Å²) in [6, 6.07) is 19.9. The highest BCUT2D eigenvalue weighted by Crippen LogP contribution is 2.33. The number of fused-ring (bicyclic) bond motifs is 2. The highest BCUT2D eigenvalue weighted by Gasteiger charge is 2.31. The molecule has 1 aromatic heterocycles. The summed E-state index contributed by atoms with van der Waals surface area (Å²) in [7, 11) is 0.282. The van der Waals surface area contributed by atoms with Crippen molar-refractivity contribution in [3.63, 3.8) is 0 Å². The zero-order chi connectivity index (χ0) is 26.3. The quantitative estimate of drug-likeness (QED) is 0.387. The molecule has 1 N–H and O–H groups in total. The number of nitrogens with one attached hydrogen (secondary N) is 1. The molecule has 0 bridgehead atoms. The Hall–Kier alpha value is -3.43. The fraction of sp³-hybridized carbons (Fsp3) is 0.379. The molecule has 9 heteroatoms. The minimum Gasteiger partial charge on any atom is -0.377 e. The number of hydrogen-bond acceptors (Lipinski definition) is 7. The van der Waals surface area contributed by atoms with Crippen LogP contribution < -0.4 is 15.1 Å². The van der Waals surface area contributed by atoms with Crippen LogP contribution in [0.3, 0.4) is 0 Å². The van der Waals surface area contributed by atoms with Crippen molar-refractivity contribution in [2.24, 2.45) is 0 Å². The van der Waals surface area contributed by atoms with E-state index in [4.69, 9.17) is 9.97 Å². The number of sulfonamides is 1. The van der Waals surface area contributed by atoms with E-state index in [0.29, 0.717) is 43.1 Å². The molecular formula is C29H34N6O2S. The normalized spacial score (nSPS) is 17.4. The third kappa shape index (κ3) is 4.54. The third-order valence-electron chi connectivity index (χ3n) is 7.77. The lowest BCUT2D eigenvalue weighted by molar-refractivity contribution is 0.383. The van der Waals surface area contributed by atoms with Gasteiger partial charge >= 0.3 is 0 Å². The second-order valence-electron chi connectivity index (χ2n) is 10.4. The predicted molar refractivity (Wildman–Crippen MR) is 155 cm³/mol. The van der Waals surface area contributed by atoms with Crippen molar-refractivity contribution in [3.05, 3.63) is 60.7 Å². The molecule has 198 valence electrons. The fourth-order valence-corrected chi connectivity index (χ4v) is 7.35. The van der Waals surface area contributed by atoms with Crippen LogP contribution in [0, 0.1) is 0 Å². The summed E-state index contributed by atoms with van der Waals surface area (Å²) in [6.07, 6.45) is 4.82. The Kier molecular flexibility index (Phi) is 6.57. The predicted octanol–water partition coefficient (Wildman–Crippen LogP) is 4.71. The van der Waals surface area contributed by atoms with E-state index in [9.17, 15) is 8.42 Å². The van der Waals surface area contributed by atoms with E-state index in [1.54, 1.807) is 10.4 Å². The van der Waals surface area contributed by atoms with Crippen molar-refractivity contribution < 1.29 is 8.42 Å². The van der Waals surface area contributed by atoms with Gasteiger partial charge in [-0.1, -0.05) is 49.2 Å².